The van der Waals surface area contributed by atoms with Gasteiger partial charge in [0.2, 0.25) is 0 Å². The van der Waals surface area contributed by atoms with E-state index in [0.717, 1.165) is 18.2 Å². The Bertz CT molecular complexity index is 445. The average molecular weight is 181 g/mol. The van der Waals surface area contributed by atoms with Crippen molar-refractivity contribution < 1.29 is 8.78 Å². The quantitative estimate of drug-likeness (QED) is 0.696. The van der Waals surface area contributed by atoms with Gasteiger partial charge in [0, 0.05) is 17.1 Å². The van der Waals surface area contributed by atoms with Crippen molar-refractivity contribution in [1.29, 1.82) is 0 Å². The van der Waals surface area contributed by atoms with Crippen LogP contribution in [0.5, 0.6) is 0 Å². The maximum absolute atomic E-state index is 13.1. The summed E-state index contributed by atoms with van der Waals surface area (Å²) in [5.41, 5.74) is 1.44. The van der Waals surface area contributed by atoms with Gasteiger partial charge in [0.25, 0.3) is 0 Å². The number of hydrogen-bond acceptors (Lipinski definition) is 0. The Morgan fingerprint density at radius 2 is 2.00 bits per heavy atom. The summed E-state index contributed by atoms with van der Waals surface area (Å²) in [5.74, 6) is -1.06. The van der Waals surface area contributed by atoms with Crippen LogP contribution in [0.15, 0.2) is 18.2 Å². The first-order chi connectivity index (χ1) is 6.20. The first kappa shape index (κ1) is 8.23. The molecule has 0 bridgehead atoms. The molecule has 1 heterocycles. The van der Waals surface area contributed by atoms with Gasteiger partial charge in [0.05, 0.1) is 5.52 Å². The molecule has 0 aliphatic carbocycles. The fraction of sp³-hybridized carbons (Fsp3) is 0.200. The number of aromatic nitrogens is 1. The predicted molar refractivity (Wildman–Crippen MR) is 47.6 cm³/mol. The second-order valence-corrected chi connectivity index (χ2v) is 3.00. The summed E-state index contributed by atoms with van der Waals surface area (Å²) in [6.45, 7) is 1.96. The molecule has 68 valence electrons. The average Bonchev–Trinajstić information content (AvgIpc) is 2.47. The molecule has 0 unspecified atom stereocenters. The molecule has 2 aromatic rings. The van der Waals surface area contributed by atoms with Crippen molar-refractivity contribution in [3.05, 3.63) is 35.5 Å². The van der Waals surface area contributed by atoms with E-state index in [4.69, 9.17) is 0 Å². The Morgan fingerprint density at radius 1 is 1.23 bits per heavy atom. The van der Waals surface area contributed by atoms with E-state index in [0.29, 0.717) is 10.9 Å². The fourth-order valence-corrected chi connectivity index (χ4v) is 1.41. The Balaban J connectivity index is 2.75. The zero-order chi connectivity index (χ0) is 9.42. The van der Waals surface area contributed by atoms with E-state index < -0.39 is 11.6 Å². The molecule has 13 heavy (non-hydrogen) atoms. The third-order valence-electron chi connectivity index (χ3n) is 2.09. The van der Waals surface area contributed by atoms with Gasteiger partial charge in [0.1, 0.15) is 11.6 Å². The van der Waals surface area contributed by atoms with Crippen LogP contribution in [-0.2, 0) is 6.42 Å². The number of nitrogens with one attached hydrogen (secondary N) is 1. The summed E-state index contributed by atoms with van der Waals surface area (Å²) < 4.78 is 25.9. The highest BCUT2D eigenvalue weighted by Gasteiger charge is 2.06. The molecule has 1 aromatic carbocycles. The van der Waals surface area contributed by atoms with Crippen molar-refractivity contribution in [3.63, 3.8) is 0 Å². The van der Waals surface area contributed by atoms with Crippen molar-refractivity contribution in [2.45, 2.75) is 13.3 Å². The Kier molecular flexibility index (Phi) is 1.79. The molecule has 0 aliphatic rings. The number of benzene rings is 1. The smallest absolute Gasteiger partial charge is 0.135 e. The van der Waals surface area contributed by atoms with Gasteiger partial charge in [-0.05, 0) is 18.6 Å². The molecule has 0 spiro atoms. The second-order valence-electron chi connectivity index (χ2n) is 3.00. The van der Waals surface area contributed by atoms with E-state index in [9.17, 15) is 8.78 Å². The maximum atomic E-state index is 13.1. The second kappa shape index (κ2) is 2.83. The highest BCUT2D eigenvalue weighted by atomic mass is 19.1. The lowest BCUT2D eigenvalue weighted by atomic mass is 10.2. The van der Waals surface area contributed by atoms with Crippen LogP contribution < -0.4 is 0 Å². The molecule has 0 saturated heterocycles. The van der Waals surface area contributed by atoms with Gasteiger partial charge in [0.15, 0.2) is 0 Å². The minimum Gasteiger partial charge on any atom is -0.358 e. The highest BCUT2D eigenvalue weighted by molar-refractivity contribution is 5.81. The van der Waals surface area contributed by atoms with Crippen molar-refractivity contribution in [1.82, 2.24) is 4.98 Å². The minimum atomic E-state index is -0.547. The molecule has 0 fully saturated rings. The summed E-state index contributed by atoms with van der Waals surface area (Å²) in [7, 11) is 0. The van der Waals surface area contributed by atoms with E-state index in [-0.39, 0.29) is 0 Å². The zero-order valence-corrected chi connectivity index (χ0v) is 7.20. The summed E-state index contributed by atoms with van der Waals surface area (Å²) in [6.07, 6.45) is 0.787. The monoisotopic (exact) mass is 181 g/mol. The molecule has 1 N–H and O–H groups in total. The molecule has 0 saturated carbocycles. The van der Waals surface area contributed by atoms with Gasteiger partial charge in [-0.15, -0.1) is 0 Å². The lowest BCUT2D eigenvalue weighted by Gasteiger charge is -1.91. The normalized spacial score (nSPS) is 11.0. The molecule has 2 rings (SSSR count). The number of aromatic amines is 1. The molecule has 0 atom stereocenters. The molecule has 0 amide bonds. The molecule has 0 radical (unpaired) electrons. The van der Waals surface area contributed by atoms with Crippen LogP contribution in [0.1, 0.15) is 12.6 Å². The lowest BCUT2D eigenvalue weighted by molar-refractivity contribution is 0.592. The van der Waals surface area contributed by atoms with E-state index in [1.165, 1.54) is 6.07 Å². The van der Waals surface area contributed by atoms with Crippen LogP contribution in [0.3, 0.4) is 0 Å². The van der Waals surface area contributed by atoms with Crippen LogP contribution in [0, 0.1) is 11.6 Å². The van der Waals surface area contributed by atoms with Gasteiger partial charge in [-0.2, -0.15) is 0 Å². The van der Waals surface area contributed by atoms with Gasteiger partial charge in [-0.3, -0.25) is 0 Å². The number of fused-ring (bicyclic) bond motifs is 1. The first-order valence-corrected chi connectivity index (χ1v) is 4.17. The first-order valence-electron chi connectivity index (χ1n) is 4.17. The minimum absolute atomic E-state index is 0.457. The molecule has 1 nitrogen and oxygen atoms in total. The zero-order valence-electron chi connectivity index (χ0n) is 7.20. The number of hydrogen-bond donors (Lipinski definition) is 1. The summed E-state index contributed by atoms with van der Waals surface area (Å²) in [6, 6.07) is 3.91. The van der Waals surface area contributed by atoms with Crippen molar-refractivity contribution in [2.75, 3.05) is 0 Å². The van der Waals surface area contributed by atoms with Crippen LogP contribution in [0.4, 0.5) is 8.78 Å². The van der Waals surface area contributed by atoms with E-state index in [1.54, 1.807) is 6.07 Å². The van der Waals surface area contributed by atoms with Crippen molar-refractivity contribution >= 4 is 10.9 Å². The largest absolute Gasteiger partial charge is 0.358 e. The summed E-state index contributed by atoms with van der Waals surface area (Å²) >= 11 is 0. The molecular weight excluding hydrogens is 172 g/mol. The predicted octanol–water partition coefficient (Wildman–Crippen LogP) is 3.01. The molecule has 0 aliphatic heterocycles. The maximum Gasteiger partial charge on any atom is 0.135 e. The van der Waals surface area contributed by atoms with Gasteiger partial charge in [-0.25, -0.2) is 8.78 Å². The summed E-state index contributed by atoms with van der Waals surface area (Å²) in [4.78, 5) is 2.95. The van der Waals surface area contributed by atoms with Crippen molar-refractivity contribution in [2.24, 2.45) is 0 Å². The van der Waals surface area contributed by atoms with E-state index >= 15 is 0 Å². The number of rotatable bonds is 1. The Hall–Kier alpha value is -1.38. The van der Waals surface area contributed by atoms with Crippen LogP contribution in [0.25, 0.3) is 10.9 Å². The fourth-order valence-electron chi connectivity index (χ4n) is 1.41. The summed E-state index contributed by atoms with van der Waals surface area (Å²) in [5, 5.41) is 0.457. The number of H-pyrrole nitrogens is 1. The molecule has 1 aromatic heterocycles. The topological polar surface area (TPSA) is 15.8 Å². The van der Waals surface area contributed by atoms with Crippen LogP contribution in [-0.4, -0.2) is 4.98 Å². The van der Waals surface area contributed by atoms with Gasteiger partial charge < -0.3 is 4.98 Å². The molecular formula is C10H9F2N. The Labute approximate surface area is 74.4 Å². The lowest BCUT2D eigenvalue weighted by Crippen LogP contribution is -1.79. The third kappa shape index (κ3) is 1.30. The van der Waals surface area contributed by atoms with E-state index in [2.05, 4.69) is 4.98 Å². The van der Waals surface area contributed by atoms with Crippen LogP contribution >= 0.6 is 0 Å². The number of aryl methyl sites for hydroxylation is 1. The van der Waals surface area contributed by atoms with Crippen LogP contribution in [0.2, 0.25) is 0 Å². The van der Waals surface area contributed by atoms with Crippen molar-refractivity contribution in [3.8, 4) is 0 Å². The molecule has 3 heteroatoms. The highest BCUT2D eigenvalue weighted by Crippen LogP contribution is 2.20. The van der Waals surface area contributed by atoms with Gasteiger partial charge in [-0.1, -0.05) is 6.92 Å². The SMILES string of the molecule is CCc1cc2c(F)cc(F)cc2[nH]1. The van der Waals surface area contributed by atoms with E-state index in [1.807, 2.05) is 6.92 Å². The standard InChI is InChI=1S/C10H9F2N/c1-2-7-5-8-9(12)3-6(11)4-10(8)13-7/h3-5,13H,2H2,1H3. The third-order valence-corrected chi connectivity index (χ3v) is 2.09. The number of halogens is 2. The van der Waals surface area contributed by atoms with Gasteiger partial charge >= 0.3 is 0 Å². The Morgan fingerprint density at radius 3 is 2.69 bits per heavy atom.